The van der Waals surface area contributed by atoms with Crippen LogP contribution in [-0.2, 0) is 0 Å². The predicted molar refractivity (Wildman–Crippen MR) is 67.2 cm³/mol. The number of aromatic hydroxyl groups is 1. The van der Waals surface area contributed by atoms with Gasteiger partial charge in [-0.15, -0.1) is 0 Å². The highest BCUT2D eigenvalue weighted by Crippen LogP contribution is 2.24. The number of aromatic nitrogens is 2. The molecular weight excluding hydrogens is 232 g/mol. The molecule has 0 fully saturated rings. The van der Waals surface area contributed by atoms with E-state index in [1.165, 1.54) is 12.4 Å². The minimum atomic E-state index is -0.514. The van der Waals surface area contributed by atoms with Crippen molar-refractivity contribution in [2.45, 2.75) is 6.92 Å². The summed E-state index contributed by atoms with van der Waals surface area (Å²) in [6.45, 7) is 1.84. The smallest absolute Gasteiger partial charge is 0.278 e. The minimum absolute atomic E-state index is 0.00851. The number of phenols is 1. The third kappa shape index (κ3) is 2.37. The molecule has 0 saturated heterocycles. The van der Waals surface area contributed by atoms with Crippen LogP contribution in [0, 0.1) is 6.92 Å². The molecule has 1 heterocycles. The van der Waals surface area contributed by atoms with E-state index >= 15 is 0 Å². The Bertz CT molecular complexity index is 598. The molecule has 0 atom stereocenters. The Morgan fingerprint density at radius 1 is 1.33 bits per heavy atom. The number of carbonyl (C=O) groups excluding carboxylic acids is 1. The van der Waals surface area contributed by atoms with Crippen LogP contribution in [0.2, 0.25) is 0 Å². The number of rotatable bonds is 2. The molecule has 0 saturated carbocycles. The van der Waals surface area contributed by atoms with Crippen LogP contribution < -0.4 is 11.1 Å². The lowest BCUT2D eigenvalue weighted by atomic mass is 10.2. The van der Waals surface area contributed by atoms with E-state index in [0.29, 0.717) is 5.69 Å². The third-order valence-corrected chi connectivity index (χ3v) is 2.34. The van der Waals surface area contributed by atoms with Gasteiger partial charge in [0.1, 0.15) is 5.75 Å². The van der Waals surface area contributed by atoms with E-state index in [-0.39, 0.29) is 17.3 Å². The minimum Gasteiger partial charge on any atom is -0.506 e. The Balaban J connectivity index is 2.24. The SMILES string of the molecule is Cc1ccc(NC(=O)c2nccnc2N)c(O)c1. The summed E-state index contributed by atoms with van der Waals surface area (Å²) in [6.07, 6.45) is 2.77. The maximum absolute atomic E-state index is 11.9. The van der Waals surface area contributed by atoms with Gasteiger partial charge in [-0.3, -0.25) is 4.79 Å². The Hall–Kier alpha value is -2.63. The van der Waals surface area contributed by atoms with Crippen LogP contribution in [0.15, 0.2) is 30.6 Å². The zero-order valence-corrected chi connectivity index (χ0v) is 9.71. The van der Waals surface area contributed by atoms with Gasteiger partial charge < -0.3 is 16.2 Å². The fourth-order valence-electron chi connectivity index (χ4n) is 1.45. The number of aryl methyl sites for hydroxylation is 1. The van der Waals surface area contributed by atoms with E-state index in [1.54, 1.807) is 18.2 Å². The summed E-state index contributed by atoms with van der Waals surface area (Å²) in [4.78, 5) is 19.5. The lowest BCUT2D eigenvalue weighted by Gasteiger charge is -2.08. The summed E-state index contributed by atoms with van der Waals surface area (Å²) in [7, 11) is 0. The lowest BCUT2D eigenvalue weighted by Crippen LogP contribution is -2.16. The number of hydrogen-bond acceptors (Lipinski definition) is 5. The van der Waals surface area contributed by atoms with Gasteiger partial charge in [-0.2, -0.15) is 0 Å². The van der Waals surface area contributed by atoms with Crippen molar-refractivity contribution in [3.63, 3.8) is 0 Å². The average Bonchev–Trinajstić information content (AvgIpc) is 2.33. The standard InChI is InChI=1S/C12H12N4O2/c1-7-2-3-8(9(17)6-7)16-12(18)10-11(13)15-5-4-14-10/h2-6,17H,1H3,(H2,13,15)(H,16,18). The monoisotopic (exact) mass is 244 g/mol. The Morgan fingerprint density at radius 3 is 2.72 bits per heavy atom. The van der Waals surface area contributed by atoms with E-state index in [0.717, 1.165) is 5.56 Å². The number of anilines is 2. The van der Waals surface area contributed by atoms with Gasteiger partial charge in [0.25, 0.3) is 5.91 Å². The highest BCUT2D eigenvalue weighted by Gasteiger charge is 2.13. The topological polar surface area (TPSA) is 101 Å². The zero-order valence-electron chi connectivity index (χ0n) is 9.71. The van der Waals surface area contributed by atoms with Gasteiger partial charge in [-0.05, 0) is 24.6 Å². The van der Waals surface area contributed by atoms with Crippen LogP contribution in [0.4, 0.5) is 11.5 Å². The van der Waals surface area contributed by atoms with E-state index < -0.39 is 5.91 Å². The number of carbonyl (C=O) groups is 1. The van der Waals surface area contributed by atoms with Crippen LogP contribution in [-0.4, -0.2) is 21.0 Å². The molecule has 4 N–H and O–H groups in total. The van der Waals surface area contributed by atoms with Crippen molar-refractivity contribution in [1.82, 2.24) is 9.97 Å². The summed E-state index contributed by atoms with van der Waals surface area (Å²) in [5.74, 6) is -0.479. The molecule has 2 rings (SSSR count). The van der Waals surface area contributed by atoms with Crippen LogP contribution in [0.3, 0.4) is 0 Å². The zero-order chi connectivity index (χ0) is 13.1. The number of nitrogens with one attached hydrogen (secondary N) is 1. The van der Waals surface area contributed by atoms with E-state index in [1.807, 2.05) is 6.92 Å². The molecule has 0 bridgehead atoms. The average molecular weight is 244 g/mol. The molecule has 2 aromatic rings. The Labute approximate surface area is 104 Å². The van der Waals surface area contributed by atoms with Crippen molar-refractivity contribution in [3.8, 4) is 5.75 Å². The van der Waals surface area contributed by atoms with Gasteiger partial charge in [0.05, 0.1) is 5.69 Å². The highest BCUT2D eigenvalue weighted by atomic mass is 16.3. The van der Waals surface area contributed by atoms with Gasteiger partial charge in [0, 0.05) is 12.4 Å². The molecule has 0 unspecified atom stereocenters. The molecule has 0 radical (unpaired) electrons. The first-order valence-corrected chi connectivity index (χ1v) is 5.25. The van der Waals surface area contributed by atoms with Gasteiger partial charge in [-0.25, -0.2) is 9.97 Å². The Morgan fingerprint density at radius 2 is 2.06 bits per heavy atom. The highest BCUT2D eigenvalue weighted by molar-refractivity contribution is 6.06. The number of nitrogens with zero attached hydrogens (tertiary/aromatic N) is 2. The summed E-state index contributed by atoms with van der Waals surface area (Å²) >= 11 is 0. The first-order chi connectivity index (χ1) is 8.58. The molecule has 18 heavy (non-hydrogen) atoms. The molecule has 1 amide bonds. The van der Waals surface area contributed by atoms with Crippen LogP contribution in [0.5, 0.6) is 5.75 Å². The van der Waals surface area contributed by atoms with Gasteiger partial charge in [0.15, 0.2) is 11.5 Å². The molecule has 0 aliphatic carbocycles. The molecule has 0 aliphatic heterocycles. The number of phenolic OH excluding ortho intramolecular Hbond substituents is 1. The summed E-state index contributed by atoms with van der Waals surface area (Å²) < 4.78 is 0. The van der Waals surface area contributed by atoms with Crippen molar-refractivity contribution in [1.29, 1.82) is 0 Å². The fourth-order valence-corrected chi connectivity index (χ4v) is 1.45. The summed E-state index contributed by atoms with van der Waals surface area (Å²) in [5, 5.41) is 12.2. The lowest BCUT2D eigenvalue weighted by molar-refractivity contribution is 0.102. The second-order valence-corrected chi connectivity index (χ2v) is 3.76. The number of nitrogens with two attached hydrogens (primary N) is 1. The van der Waals surface area contributed by atoms with Crippen molar-refractivity contribution >= 4 is 17.4 Å². The normalized spacial score (nSPS) is 10.1. The van der Waals surface area contributed by atoms with Crippen molar-refractivity contribution < 1.29 is 9.90 Å². The molecule has 0 spiro atoms. The molecule has 92 valence electrons. The number of amides is 1. The second-order valence-electron chi connectivity index (χ2n) is 3.76. The van der Waals surface area contributed by atoms with Crippen molar-refractivity contribution in [3.05, 3.63) is 41.9 Å². The van der Waals surface area contributed by atoms with Crippen molar-refractivity contribution in [2.75, 3.05) is 11.1 Å². The van der Waals surface area contributed by atoms with Gasteiger partial charge in [-0.1, -0.05) is 6.07 Å². The molecular formula is C12H12N4O2. The maximum atomic E-state index is 11.9. The maximum Gasteiger partial charge on any atom is 0.278 e. The molecule has 1 aromatic heterocycles. The molecule has 0 aliphatic rings. The van der Waals surface area contributed by atoms with Crippen LogP contribution in [0.1, 0.15) is 16.1 Å². The molecule has 6 nitrogen and oxygen atoms in total. The quantitative estimate of drug-likeness (QED) is 0.692. The van der Waals surface area contributed by atoms with Crippen LogP contribution >= 0.6 is 0 Å². The van der Waals surface area contributed by atoms with E-state index in [9.17, 15) is 9.90 Å². The van der Waals surface area contributed by atoms with E-state index in [4.69, 9.17) is 5.73 Å². The first kappa shape index (κ1) is 11.8. The largest absolute Gasteiger partial charge is 0.506 e. The number of nitrogen functional groups attached to an aromatic ring is 1. The van der Waals surface area contributed by atoms with Crippen LogP contribution in [0.25, 0.3) is 0 Å². The van der Waals surface area contributed by atoms with Gasteiger partial charge >= 0.3 is 0 Å². The number of hydrogen-bond donors (Lipinski definition) is 3. The predicted octanol–water partition coefficient (Wildman–Crippen LogP) is 1.33. The van der Waals surface area contributed by atoms with E-state index in [2.05, 4.69) is 15.3 Å². The summed E-state index contributed by atoms with van der Waals surface area (Å²) in [5.41, 5.74) is 6.76. The molecule has 6 heteroatoms. The molecule has 1 aromatic carbocycles. The van der Waals surface area contributed by atoms with Gasteiger partial charge in [0.2, 0.25) is 0 Å². The van der Waals surface area contributed by atoms with Crippen molar-refractivity contribution in [2.24, 2.45) is 0 Å². The fraction of sp³-hybridized carbons (Fsp3) is 0.0833. The third-order valence-electron chi connectivity index (χ3n) is 2.34. The second kappa shape index (κ2) is 4.70. The summed E-state index contributed by atoms with van der Waals surface area (Å²) in [6, 6.07) is 4.93. The Kier molecular flexibility index (Phi) is 3.09. The first-order valence-electron chi connectivity index (χ1n) is 5.25. The number of benzene rings is 1.